The van der Waals surface area contributed by atoms with Crippen molar-refractivity contribution >= 4 is 55.6 Å². The highest BCUT2D eigenvalue weighted by atomic mass is 79.9. The Morgan fingerprint density at radius 3 is 2.61 bits per heavy atom. The number of carbonyl (C=O) groups is 1. The van der Waals surface area contributed by atoms with Gasteiger partial charge in [-0.2, -0.15) is 0 Å². The number of anilines is 1. The molecule has 28 heavy (non-hydrogen) atoms. The van der Waals surface area contributed by atoms with E-state index in [1.165, 1.54) is 0 Å². The first-order valence-corrected chi connectivity index (χ1v) is 10.2. The molecular weight excluding hydrogens is 436 g/mol. The van der Waals surface area contributed by atoms with Gasteiger partial charge in [0.1, 0.15) is 5.75 Å². The monoisotopic (exact) mass is 456 g/mol. The van der Waals surface area contributed by atoms with Crippen molar-refractivity contribution in [2.24, 2.45) is 0 Å². The summed E-state index contributed by atoms with van der Waals surface area (Å²) in [5.74, 6) is 0.134. The lowest BCUT2D eigenvalue weighted by Crippen LogP contribution is -2.34. The summed E-state index contributed by atoms with van der Waals surface area (Å²) in [6.45, 7) is 4.23. The lowest BCUT2D eigenvalue weighted by atomic mass is 9.98. The number of halogens is 1. The fourth-order valence-corrected chi connectivity index (χ4v) is 3.69. The molecule has 0 aliphatic rings. The fourth-order valence-electron chi connectivity index (χ4n) is 2.99. The molecule has 1 amide bonds. The molecule has 0 radical (unpaired) electrons. The van der Waals surface area contributed by atoms with Crippen LogP contribution < -0.4 is 10.6 Å². The minimum absolute atomic E-state index is 0.0812. The largest absolute Gasteiger partial charge is 0.506 e. The zero-order chi connectivity index (χ0) is 20.3. The van der Waals surface area contributed by atoms with Crippen LogP contribution in [-0.4, -0.2) is 16.1 Å². The molecule has 0 saturated heterocycles. The Balaban J connectivity index is 1.79. The summed E-state index contributed by atoms with van der Waals surface area (Å²) < 4.78 is 0.923. The average Bonchev–Trinajstić information content (AvgIpc) is 2.69. The molecule has 0 bridgehead atoms. The van der Waals surface area contributed by atoms with Crippen LogP contribution in [0.25, 0.3) is 10.8 Å². The summed E-state index contributed by atoms with van der Waals surface area (Å²) in [7, 11) is 0. The van der Waals surface area contributed by atoms with Gasteiger partial charge in [0.15, 0.2) is 5.11 Å². The first kappa shape index (κ1) is 20.3. The van der Waals surface area contributed by atoms with E-state index in [4.69, 9.17) is 12.2 Å². The minimum atomic E-state index is -0.307. The molecule has 3 N–H and O–H groups in total. The molecule has 0 spiro atoms. The normalized spacial score (nSPS) is 11.8. The fraction of sp³-hybridized carbons (Fsp3) is 0.182. The van der Waals surface area contributed by atoms with Gasteiger partial charge in [-0.3, -0.25) is 10.1 Å². The van der Waals surface area contributed by atoms with Gasteiger partial charge < -0.3 is 10.4 Å². The van der Waals surface area contributed by atoms with Crippen molar-refractivity contribution in [2.45, 2.75) is 26.2 Å². The zero-order valence-corrected chi connectivity index (χ0v) is 18.0. The van der Waals surface area contributed by atoms with Gasteiger partial charge in [-0.05, 0) is 65.2 Å². The van der Waals surface area contributed by atoms with Crippen LogP contribution in [-0.2, 0) is 0 Å². The Kier molecular flexibility index (Phi) is 6.31. The van der Waals surface area contributed by atoms with Crippen molar-refractivity contribution in [3.8, 4) is 5.75 Å². The van der Waals surface area contributed by atoms with Gasteiger partial charge in [0, 0.05) is 10.0 Å². The van der Waals surface area contributed by atoms with Crippen LogP contribution in [0.4, 0.5) is 5.69 Å². The van der Waals surface area contributed by atoms with Crippen molar-refractivity contribution in [2.75, 3.05) is 5.32 Å². The van der Waals surface area contributed by atoms with Gasteiger partial charge in [-0.1, -0.05) is 60.1 Å². The lowest BCUT2D eigenvalue weighted by molar-refractivity contribution is 0.0979. The van der Waals surface area contributed by atoms with Gasteiger partial charge in [-0.25, -0.2) is 0 Å². The van der Waals surface area contributed by atoms with Gasteiger partial charge in [-0.15, -0.1) is 0 Å². The number of aromatic hydroxyl groups is 1. The molecule has 0 saturated carbocycles. The van der Waals surface area contributed by atoms with Gasteiger partial charge in [0.2, 0.25) is 0 Å². The number of carbonyl (C=O) groups excluding carboxylic acids is 1. The first-order chi connectivity index (χ1) is 13.4. The Bertz CT molecular complexity index is 1050. The van der Waals surface area contributed by atoms with E-state index in [-0.39, 0.29) is 16.8 Å². The second-order valence-electron chi connectivity index (χ2n) is 6.63. The number of hydrogen-bond acceptors (Lipinski definition) is 3. The summed E-state index contributed by atoms with van der Waals surface area (Å²) in [5.41, 5.74) is 2.10. The van der Waals surface area contributed by atoms with Crippen LogP contribution in [0.3, 0.4) is 0 Å². The number of benzene rings is 3. The Morgan fingerprint density at radius 1 is 1.14 bits per heavy atom. The highest BCUT2D eigenvalue weighted by Gasteiger charge is 2.14. The summed E-state index contributed by atoms with van der Waals surface area (Å²) >= 11 is 8.80. The van der Waals surface area contributed by atoms with Gasteiger partial charge in [0.05, 0.1) is 5.69 Å². The Hall–Kier alpha value is -2.44. The number of phenolic OH excluding ortho intramolecular Hbond substituents is 1. The van der Waals surface area contributed by atoms with Crippen LogP contribution in [0.1, 0.15) is 42.1 Å². The molecule has 3 rings (SSSR count). The predicted molar refractivity (Wildman–Crippen MR) is 122 cm³/mol. The molecule has 0 fully saturated rings. The number of nitrogens with one attached hydrogen (secondary N) is 2. The van der Waals surface area contributed by atoms with E-state index >= 15 is 0 Å². The maximum atomic E-state index is 12.8. The third-order valence-electron chi connectivity index (χ3n) is 4.79. The van der Waals surface area contributed by atoms with E-state index in [9.17, 15) is 9.90 Å². The Labute approximate surface area is 178 Å². The van der Waals surface area contributed by atoms with E-state index < -0.39 is 0 Å². The van der Waals surface area contributed by atoms with Crippen molar-refractivity contribution in [1.82, 2.24) is 5.32 Å². The molecule has 4 nitrogen and oxygen atoms in total. The molecule has 0 aromatic heterocycles. The number of phenols is 1. The van der Waals surface area contributed by atoms with Gasteiger partial charge in [0.25, 0.3) is 5.91 Å². The number of hydrogen-bond donors (Lipinski definition) is 3. The van der Waals surface area contributed by atoms with Crippen LogP contribution in [0.2, 0.25) is 0 Å². The molecule has 0 unspecified atom stereocenters. The van der Waals surface area contributed by atoms with E-state index in [0.29, 0.717) is 17.2 Å². The summed E-state index contributed by atoms with van der Waals surface area (Å²) in [6, 6.07) is 16.6. The number of fused-ring (bicyclic) bond motifs is 1. The molecule has 144 valence electrons. The lowest BCUT2D eigenvalue weighted by Gasteiger charge is -2.15. The smallest absolute Gasteiger partial charge is 0.258 e. The second-order valence-corrected chi connectivity index (χ2v) is 7.90. The molecule has 1 atom stereocenters. The summed E-state index contributed by atoms with van der Waals surface area (Å²) in [6.07, 6.45) is 0.988. The minimum Gasteiger partial charge on any atom is -0.506 e. The summed E-state index contributed by atoms with van der Waals surface area (Å²) in [5, 5.41) is 17.7. The first-order valence-electron chi connectivity index (χ1n) is 9.03. The van der Waals surface area contributed by atoms with E-state index in [0.717, 1.165) is 27.2 Å². The third kappa shape index (κ3) is 4.34. The Morgan fingerprint density at radius 2 is 1.86 bits per heavy atom. The molecule has 6 heteroatoms. The maximum absolute atomic E-state index is 12.8. The van der Waals surface area contributed by atoms with Gasteiger partial charge >= 0.3 is 0 Å². The van der Waals surface area contributed by atoms with Crippen molar-refractivity contribution in [1.29, 1.82) is 0 Å². The van der Waals surface area contributed by atoms with E-state index in [2.05, 4.69) is 40.4 Å². The average molecular weight is 457 g/mol. The van der Waals surface area contributed by atoms with Crippen LogP contribution in [0.5, 0.6) is 5.75 Å². The molecule has 3 aromatic carbocycles. The van der Waals surface area contributed by atoms with Crippen LogP contribution >= 0.6 is 28.1 Å². The molecule has 3 aromatic rings. The number of thiocarbonyl (C=S) groups is 1. The molecule has 0 aliphatic heterocycles. The third-order valence-corrected chi connectivity index (χ3v) is 5.69. The second kappa shape index (κ2) is 8.71. The van der Waals surface area contributed by atoms with E-state index in [1.54, 1.807) is 12.1 Å². The zero-order valence-electron chi connectivity index (χ0n) is 15.6. The van der Waals surface area contributed by atoms with Crippen molar-refractivity contribution in [3.63, 3.8) is 0 Å². The summed E-state index contributed by atoms with van der Waals surface area (Å²) in [4.78, 5) is 12.8. The van der Waals surface area contributed by atoms with Crippen LogP contribution in [0, 0.1) is 0 Å². The topological polar surface area (TPSA) is 61.4 Å². The predicted octanol–water partition coefficient (Wildman–Crippen LogP) is 5.95. The highest BCUT2D eigenvalue weighted by molar-refractivity contribution is 9.10. The van der Waals surface area contributed by atoms with Crippen molar-refractivity contribution in [3.05, 3.63) is 70.2 Å². The van der Waals surface area contributed by atoms with E-state index in [1.807, 2.05) is 42.5 Å². The SMILES string of the molecule is CC[C@@H](C)c1ccc(O)c(NC(=S)NC(=O)c2cccc3c(Br)cccc23)c1. The quantitative estimate of drug-likeness (QED) is 0.335. The number of amides is 1. The standard InChI is InChI=1S/C22H21BrN2O2S/c1-3-13(2)14-10-11-20(26)19(12-14)24-22(28)25-21(27)17-8-4-7-16-15(17)6-5-9-18(16)23/h4-13,26H,3H2,1-2H3,(H2,24,25,27,28)/t13-/m1/s1. The maximum Gasteiger partial charge on any atom is 0.258 e. The number of rotatable bonds is 4. The highest BCUT2D eigenvalue weighted by Crippen LogP contribution is 2.29. The molecule has 0 heterocycles. The molecule has 0 aliphatic carbocycles. The van der Waals surface area contributed by atoms with Crippen LogP contribution in [0.15, 0.2) is 59.1 Å². The molecular formula is C22H21BrN2O2S. The van der Waals surface area contributed by atoms with Crippen molar-refractivity contribution < 1.29 is 9.90 Å².